The molecule has 0 fully saturated rings. The Labute approximate surface area is 194 Å². The van der Waals surface area contributed by atoms with Gasteiger partial charge in [-0.25, -0.2) is 9.48 Å². The fourth-order valence-electron chi connectivity index (χ4n) is 4.01. The summed E-state index contributed by atoms with van der Waals surface area (Å²) in [6.45, 7) is 3.98. The maximum atomic E-state index is 11.8. The van der Waals surface area contributed by atoms with Gasteiger partial charge >= 0.3 is 12.0 Å². The highest BCUT2D eigenvalue weighted by atomic mass is 16.5. The molecule has 0 radical (unpaired) electrons. The van der Waals surface area contributed by atoms with E-state index < -0.39 is 5.97 Å². The first kappa shape index (κ1) is 21.1. The Hall–Kier alpha value is -4.79. The predicted octanol–water partition coefficient (Wildman–Crippen LogP) is 4.16. The van der Waals surface area contributed by atoms with Crippen molar-refractivity contribution >= 4 is 17.0 Å². The van der Waals surface area contributed by atoms with Gasteiger partial charge in [-0.2, -0.15) is 4.98 Å². The number of carboxylic acid groups (broad SMARTS) is 1. The van der Waals surface area contributed by atoms with Gasteiger partial charge in [-0.05, 0) is 39.2 Å². The first-order valence-corrected chi connectivity index (χ1v) is 10.5. The molecule has 5 rings (SSSR count). The van der Waals surface area contributed by atoms with E-state index in [1.54, 1.807) is 34.5 Å². The van der Waals surface area contributed by atoms with Crippen molar-refractivity contribution in [3.05, 3.63) is 90.7 Å². The summed E-state index contributed by atoms with van der Waals surface area (Å²) in [5.74, 6) is -0.348. The second-order valence-electron chi connectivity index (χ2n) is 7.61. The second kappa shape index (κ2) is 8.62. The van der Waals surface area contributed by atoms with Gasteiger partial charge in [0.05, 0.1) is 29.4 Å². The smallest absolute Gasteiger partial charge is 0.337 e. The molecule has 0 saturated heterocycles. The summed E-state index contributed by atoms with van der Waals surface area (Å²) in [6, 6.07) is 21.2. The number of carboxylic acids is 1. The zero-order valence-electron chi connectivity index (χ0n) is 18.3. The minimum atomic E-state index is -1.03. The van der Waals surface area contributed by atoms with E-state index in [-0.39, 0.29) is 11.6 Å². The molecule has 9 nitrogen and oxygen atoms in total. The van der Waals surface area contributed by atoms with Crippen LogP contribution in [0.2, 0.25) is 0 Å². The number of hydrogen-bond acceptors (Lipinski definition) is 6. The van der Waals surface area contributed by atoms with Gasteiger partial charge < -0.3 is 9.84 Å². The Kier molecular flexibility index (Phi) is 5.35. The summed E-state index contributed by atoms with van der Waals surface area (Å²) in [4.78, 5) is 16.3. The van der Waals surface area contributed by atoms with E-state index in [9.17, 15) is 9.90 Å². The molecular formula is C25H20N6O3. The number of tetrazole rings is 1. The summed E-state index contributed by atoms with van der Waals surface area (Å²) < 4.78 is 8.87. The summed E-state index contributed by atoms with van der Waals surface area (Å²) in [5, 5.41) is 21.5. The van der Waals surface area contributed by atoms with Crippen molar-refractivity contribution in [2.24, 2.45) is 7.05 Å². The van der Waals surface area contributed by atoms with E-state index in [0.717, 1.165) is 22.3 Å². The molecule has 0 amide bonds. The van der Waals surface area contributed by atoms with Crippen molar-refractivity contribution in [1.82, 2.24) is 29.8 Å². The molecule has 2 aromatic heterocycles. The number of fused-ring (bicyclic) bond motifs is 1. The number of carbonyl (C=O) groups is 1. The summed E-state index contributed by atoms with van der Waals surface area (Å²) in [5.41, 5.74) is 5.09. The number of imidazole rings is 1. The zero-order valence-corrected chi connectivity index (χ0v) is 18.3. The van der Waals surface area contributed by atoms with Crippen LogP contribution in [0.25, 0.3) is 33.5 Å². The van der Waals surface area contributed by atoms with Gasteiger partial charge in [-0.1, -0.05) is 61.2 Å². The quantitative estimate of drug-likeness (QED) is 0.369. The van der Waals surface area contributed by atoms with E-state index >= 15 is 0 Å². The number of aromatic nitrogens is 6. The lowest BCUT2D eigenvalue weighted by Gasteiger charge is -2.12. The topological polar surface area (TPSA) is 108 Å². The Morgan fingerprint density at radius 3 is 2.50 bits per heavy atom. The number of aryl methyl sites for hydroxylation is 1. The first-order chi connectivity index (χ1) is 16.6. The number of benzene rings is 3. The fraction of sp³-hybridized carbons (Fsp3) is 0.0800. The molecule has 0 bridgehead atoms. The molecule has 34 heavy (non-hydrogen) atoms. The zero-order chi connectivity index (χ0) is 23.7. The molecule has 0 saturated carbocycles. The Morgan fingerprint density at radius 2 is 1.82 bits per heavy atom. The number of para-hydroxylation sites is 1. The van der Waals surface area contributed by atoms with Crippen LogP contribution in [0.3, 0.4) is 0 Å². The highest BCUT2D eigenvalue weighted by Gasteiger charge is 2.19. The monoisotopic (exact) mass is 452 g/mol. The van der Waals surface area contributed by atoms with E-state index in [1.807, 2.05) is 48.5 Å². The van der Waals surface area contributed by atoms with Crippen LogP contribution in [0.1, 0.15) is 15.9 Å². The van der Waals surface area contributed by atoms with Gasteiger partial charge in [0, 0.05) is 12.6 Å². The number of nitrogens with zero attached hydrogens (tertiary/aromatic N) is 6. The molecule has 5 aromatic rings. The predicted molar refractivity (Wildman–Crippen MR) is 126 cm³/mol. The van der Waals surface area contributed by atoms with Crippen molar-refractivity contribution in [2.75, 3.05) is 0 Å². The van der Waals surface area contributed by atoms with Gasteiger partial charge in [0.2, 0.25) is 0 Å². The van der Waals surface area contributed by atoms with Crippen LogP contribution in [-0.2, 0) is 13.6 Å². The largest absolute Gasteiger partial charge is 0.478 e. The third-order valence-corrected chi connectivity index (χ3v) is 5.54. The van der Waals surface area contributed by atoms with Crippen LogP contribution in [-0.4, -0.2) is 40.8 Å². The van der Waals surface area contributed by atoms with Gasteiger partial charge in [-0.3, -0.25) is 4.57 Å². The van der Waals surface area contributed by atoms with Crippen LogP contribution >= 0.6 is 0 Å². The lowest BCUT2D eigenvalue weighted by molar-refractivity contribution is 0.0698. The number of ether oxygens (including phenoxy) is 1. The minimum absolute atomic E-state index is 0.159. The van der Waals surface area contributed by atoms with Crippen LogP contribution in [0, 0.1) is 0 Å². The van der Waals surface area contributed by atoms with E-state index in [1.165, 1.54) is 6.26 Å². The van der Waals surface area contributed by atoms with Gasteiger partial charge in [0.1, 0.15) is 0 Å². The third kappa shape index (κ3) is 3.69. The maximum Gasteiger partial charge on any atom is 0.337 e. The lowest BCUT2D eigenvalue weighted by Crippen LogP contribution is -2.06. The lowest BCUT2D eigenvalue weighted by atomic mass is 9.98. The summed E-state index contributed by atoms with van der Waals surface area (Å²) >= 11 is 0. The summed E-state index contributed by atoms with van der Waals surface area (Å²) in [6.07, 6.45) is 1.28. The fourth-order valence-corrected chi connectivity index (χ4v) is 4.01. The van der Waals surface area contributed by atoms with Crippen molar-refractivity contribution in [3.63, 3.8) is 0 Å². The van der Waals surface area contributed by atoms with Crippen LogP contribution in [0.15, 0.2) is 79.6 Å². The van der Waals surface area contributed by atoms with Gasteiger partial charge in [0.25, 0.3) is 0 Å². The molecule has 0 aliphatic heterocycles. The van der Waals surface area contributed by atoms with E-state index in [2.05, 4.69) is 27.1 Å². The van der Waals surface area contributed by atoms with Crippen molar-refractivity contribution in [1.29, 1.82) is 0 Å². The minimum Gasteiger partial charge on any atom is -0.478 e. The van der Waals surface area contributed by atoms with Crippen molar-refractivity contribution in [2.45, 2.75) is 6.54 Å². The highest BCUT2D eigenvalue weighted by Crippen LogP contribution is 2.31. The molecule has 9 heteroatoms. The second-order valence-corrected chi connectivity index (χ2v) is 7.61. The molecule has 0 spiro atoms. The Bertz CT molecular complexity index is 1520. The molecule has 168 valence electrons. The number of rotatable bonds is 7. The van der Waals surface area contributed by atoms with Crippen LogP contribution < -0.4 is 4.74 Å². The van der Waals surface area contributed by atoms with Gasteiger partial charge in [0.15, 0.2) is 5.82 Å². The van der Waals surface area contributed by atoms with E-state index in [0.29, 0.717) is 23.4 Å². The molecule has 0 atom stereocenters. The van der Waals surface area contributed by atoms with Gasteiger partial charge in [-0.15, -0.1) is 5.10 Å². The van der Waals surface area contributed by atoms with E-state index in [4.69, 9.17) is 4.74 Å². The Morgan fingerprint density at radius 1 is 1.06 bits per heavy atom. The average Bonchev–Trinajstić information content (AvgIpc) is 3.43. The standard InChI is InChI=1S/C25H20N6O3/c1-3-34-25-26-21-10-6-9-20(24(32)33)22(21)31(25)15-16-11-13-17(14-12-16)18-7-4-5-8-19(18)23-27-28-29-30(23)2/h3-14H,1,15H2,2H3,(H,32,33). The molecular weight excluding hydrogens is 432 g/mol. The number of hydrogen-bond donors (Lipinski definition) is 1. The molecule has 2 heterocycles. The molecule has 3 aromatic carbocycles. The molecule has 1 N–H and O–H groups in total. The highest BCUT2D eigenvalue weighted by molar-refractivity contribution is 6.01. The maximum absolute atomic E-state index is 11.8. The third-order valence-electron chi connectivity index (χ3n) is 5.54. The van der Waals surface area contributed by atoms with Crippen molar-refractivity contribution in [3.8, 4) is 28.5 Å². The van der Waals surface area contributed by atoms with Crippen LogP contribution in [0.5, 0.6) is 6.01 Å². The molecule has 0 aliphatic rings. The van der Waals surface area contributed by atoms with Crippen LogP contribution in [0.4, 0.5) is 0 Å². The average molecular weight is 452 g/mol. The SMILES string of the molecule is C=COc1nc2cccc(C(=O)O)c2n1Cc1ccc(-c2ccccc2-c2nnnn2C)cc1. The molecule has 0 aliphatic carbocycles. The molecule has 0 unspecified atom stereocenters. The first-order valence-electron chi connectivity index (χ1n) is 10.5. The number of aromatic carboxylic acids is 1. The Balaban J connectivity index is 1.53. The van der Waals surface area contributed by atoms with Crippen molar-refractivity contribution < 1.29 is 14.6 Å². The summed E-state index contributed by atoms with van der Waals surface area (Å²) in [7, 11) is 1.80. The normalized spacial score (nSPS) is 11.0.